The van der Waals surface area contributed by atoms with Crippen molar-refractivity contribution in [2.45, 2.75) is 19.3 Å². The third kappa shape index (κ3) is 1.95. The maximum Gasteiger partial charge on any atom is 0.253 e. The van der Waals surface area contributed by atoms with E-state index in [0.29, 0.717) is 0 Å². The Morgan fingerprint density at radius 2 is 2.07 bits per heavy atom. The number of carbonyl (C=O) groups excluding carboxylic acids is 1. The van der Waals surface area contributed by atoms with Crippen molar-refractivity contribution in [3.8, 4) is 0 Å². The third-order valence-corrected chi connectivity index (χ3v) is 2.60. The van der Waals surface area contributed by atoms with Gasteiger partial charge in [0.15, 0.2) is 0 Å². The lowest BCUT2D eigenvalue weighted by molar-refractivity contribution is 0.0724. The van der Waals surface area contributed by atoms with Crippen LogP contribution < -0.4 is 0 Å². The molecule has 1 aliphatic heterocycles. The first-order chi connectivity index (χ1) is 6.88. The highest BCUT2D eigenvalue weighted by atomic mass is 16.2. The lowest BCUT2D eigenvalue weighted by Crippen LogP contribution is -2.35. The van der Waals surface area contributed by atoms with Crippen molar-refractivity contribution >= 4 is 5.91 Å². The maximum atomic E-state index is 11.9. The molecule has 0 saturated carbocycles. The second-order valence-electron chi connectivity index (χ2n) is 3.64. The normalized spacial score (nSPS) is 16.7. The Hall–Kier alpha value is -1.31. The van der Waals surface area contributed by atoms with Crippen molar-refractivity contribution in [1.29, 1.82) is 0 Å². The van der Waals surface area contributed by atoms with E-state index < -0.39 is 0 Å². The van der Waals surface area contributed by atoms with Gasteiger partial charge in [-0.2, -0.15) is 0 Å². The Bertz CT molecular complexity index is 301. The molecule has 2 heteroatoms. The van der Waals surface area contributed by atoms with E-state index in [4.69, 9.17) is 0 Å². The van der Waals surface area contributed by atoms with Gasteiger partial charge in [-0.25, -0.2) is 0 Å². The van der Waals surface area contributed by atoms with Crippen LogP contribution in [0, 0.1) is 6.07 Å². The molecule has 1 aliphatic rings. The van der Waals surface area contributed by atoms with Crippen molar-refractivity contribution in [1.82, 2.24) is 4.90 Å². The molecule has 1 saturated heterocycles. The topological polar surface area (TPSA) is 20.3 Å². The first-order valence-electron chi connectivity index (χ1n) is 5.13. The van der Waals surface area contributed by atoms with Crippen molar-refractivity contribution in [3.63, 3.8) is 0 Å². The van der Waals surface area contributed by atoms with Gasteiger partial charge >= 0.3 is 0 Å². The van der Waals surface area contributed by atoms with E-state index >= 15 is 0 Å². The first kappa shape index (κ1) is 9.25. The van der Waals surface area contributed by atoms with E-state index in [1.165, 1.54) is 6.42 Å². The van der Waals surface area contributed by atoms with Crippen LogP contribution in [0.2, 0.25) is 0 Å². The maximum absolute atomic E-state index is 11.9. The van der Waals surface area contributed by atoms with E-state index in [9.17, 15) is 4.79 Å². The second kappa shape index (κ2) is 4.27. The number of carbonyl (C=O) groups is 1. The Kier molecular flexibility index (Phi) is 2.82. The average Bonchev–Trinajstić information content (AvgIpc) is 2.30. The predicted octanol–water partition coefficient (Wildman–Crippen LogP) is 2.11. The molecule has 0 atom stereocenters. The van der Waals surface area contributed by atoms with Crippen LogP contribution in [0.15, 0.2) is 24.3 Å². The fraction of sp³-hybridized carbons (Fsp3) is 0.417. The van der Waals surface area contributed by atoms with Crippen LogP contribution in [0.3, 0.4) is 0 Å². The molecule has 1 amide bonds. The van der Waals surface area contributed by atoms with Gasteiger partial charge in [-0.3, -0.25) is 4.79 Å². The van der Waals surface area contributed by atoms with Crippen molar-refractivity contribution < 1.29 is 4.79 Å². The Morgan fingerprint density at radius 1 is 1.29 bits per heavy atom. The molecule has 2 nitrogen and oxygen atoms in total. The minimum atomic E-state index is 0.154. The molecule has 0 spiro atoms. The fourth-order valence-corrected chi connectivity index (χ4v) is 1.81. The number of rotatable bonds is 1. The van der Waals surface area contributed by atoms with Gasteiger partial charge in [0.25, 0.3) is 5.91 Å². The monoisotopic (exact) mass is 188 g/mol. The van der Waals surface area contributed by atoms with E-state index in [2.05, 4.69) is 6.07 Å². The summed E-state index contributed by atoms with van der Waals surface area (Å²) >= 11 is 0. The molecule has 0 N–H and O–H groups in total. The molecule has 1 heterocycles. The zero-order valence-electron chi connectivity index (χ0n) is 8.20. The van der Waals surface area contributed by atoms with Crippen molar-refractivity contribution in [3.05, 3.63) is 35.9 Å². The number of piperidine rings is 1. The van der Waals surface area contributed by atoms with Gasteiger partial charge in [0.05, 0.1) is 0 Å². The number of benzene rings is 1. The van der Waals surface area contributed by atoms with Crippen LogP contribution in [-0.4, -0.2) is 23.9 Å². The Morgan fingerprint density at radius 3 is 2.71 bits per heavy atom. The highest BCUT2D eigenvalue weighted by Crippen LogP contribution is 2.12. The lowest BCUT2D eigenvalue weighted by atomic mass is 10.1. The molecular formula is C12H14NO. The van der Waals surface area contributed by atoms with Gasteiger partial charge < -0.3 is 4.90 Å². The molecule has 0 aliphatic carbocycles. The van der Waals surface area contributed by atoms with E-state index in [0.717, 1.165) is 31.5 Å². The van der Waals surface area contributed by atoms with Crippen LogP contribution >= 0.6 is 0 Å². The molecular weight excluding hydrogens is 174 g/mol. The molecule has 1 aromatic rings. The summed E-state index contributed by atoms with van der Waals surface area (Å²) in [5, 5.41) is 0. The first-order valence-corrected chi connectivity index (χ1v) is 5.13. The summed E-state index contributed by atoms with van der Waals surface area (Å²) in [6.45, 7) is 1.82. The average molecular weight is 188 g/mol. The number of hydrogen-bond donors (Lipinski definition) is 0. The summed E-state index contributed by atoms with van der Waals surface area (Å²) in [6.07, 6.45) is 3.54. The van der Waals surface area contributed by atoms with E-state index in [1.807, 2.05) is 23.1 Å². The van der Waals surface area contributed by atoms with Crippen molar-refractivity contribution in [2.24, 2.45) is 0 Å². The summed E-state index contributed by atoms with van der Waals surface area (Å²) < 4.78 is 0. The van der Waals surface area contributed by atoms with Crippen LogP contribution in [0.4, 0.5) is 0 Å². The summed E-state index contributed by atoms with van der Waals surface area (Å²) in [7, 11) is 0. The minimum absolute atomic E-state index is 0.154. The van der Waals surface area contributed by atoms with Gasteiger partial charge in [0.1, 0.15) is 0 Å². The minimum Gasteiger partial charge on any atom is -0.339 e. The lowest BCUT2D eigenvalue weighted by Gasteiger charge is -2.26. The third-order valence-electron chi connectivity index (χ3n) is 2.60. The standard InChI is InChI=1S/C12H14NO/c14-12(11-7-3-1-4-8-11)13-9-5-2-6-10-13/h1,3,7-8H,2,5-6,9-10H2. The van der Waals surface area contributed by atoms with E-state index in [-0.39, 0.29) is 5.91 Å². The zero-order chi connectivity index (χ0) is 9.80. The van der Waals surface area contributed by atoms with Gasteiger partial charge in [0, 0.05) is 18.7 Å². The highest BCUT2D eigenvalue weighted by molar-refractivity contribution is 5.94. The van der Waals surface area contributed by atoms with Crippen LogP contribution in [0.25, 0.3) is 0 Å². The molecule has 1 fully saturated rings. The summed E-state index contributed by atoms with van der Waals surface area (Å²) in [6, 6.07) is 10.2. The van der Waals surface area contributed by atoms with Gasteiger partial charge in [-0.15, -0.1) is 0 Å². The van der Waals surface area contributed by atoms with Gasteiger partial charge in [-0.05, 0) is 37.5 Å². The van der Waals surface area contributed by atoms with Crippen LogP contribution in [0.5, 0.6) is 0 Å². The van der Waals surface area contributed by atoms with E-state index in [1.54, 1.807) is 6.07 Å². The second-order valence-corrected chi connectivity index (χ2v) is 3.64. The molecule has 1 aromatic carbocycles. The summed E-state index contributed by atoms with van der Waals surface area (Å²) in [4.78, 5) is 13.8. The number of amides is 1. The number of hydrogen-bond acceptors (Lipinski definition) is 1. The predicted molar refractivity (Wildman–Crippen MR) is 55.0 cm³/mol. The zero-order valence-corrected chi connectivity index (χ0v) is 8.20. The summed E-state index contributed by atoms with van der Waals surface area (Å²) in [5.41, 5.74) is 0.759. The van der Waals surface area contributed by atoms with Gasteiger partial charge in [0.2, 0.25) is 0 Å². The molecule has 2 rings (SSSR count). The van der Waals surface area contributed by atoms with Crippen molar-refractivity contribution in [2.75, 3.05) is 13.1 Å². The molecule has 0 bridgehead atoms. The molecule has 73 valence electrons. The van der Waals surface area contributed by atoms with Crippen LogP contribution in [-0.2, 0) is 0 Å². The Labute approximate surface area is 84.5 Å². The molecule has 0 unspecified atom stereocenters. The quantitative estimate of drug-likeness (QED) is 0.661. The smallest absolute Gasteiger partial charge is 0.253 e. The fourth-order valence-electron chi connectivity index (χ4n) is 1.81. The largest absolute Gasteiger partial charge is 0.339 e. The Balaban J connectivity index is 2.07. The van der Waals surface area contributed by atoms with Crippen LogP contribution in [0.1, 0.15) is 29.6 Å². The molecule has 14 heavy (non-hydrogen) atoms. The molecule has 0 aromatic heterocycles. The van der Waals surface area contributed by atoms with Gasteiger partial charge in [-0.1, -0.05) is 12.1 Å². The summed E-state index contributed by atoms with van der Waals surface area (Å²) in [5.74, 6) is 0.154. The number of nitrogens with zero attached hydrogens (tertiary/aromatic N) is 1. The number of likely N-dealkylation sites (tertiary alicyclic amines) is 1. The highest BCUT2D eigenvalue weighted by Gasteiger charge is 2.17. The molecule has 1 radical (unpaired) electrons. The SMILES string of the molecule is O=C(c1c[c]ccc1)N1CCCCC1.